The molecule has 1 N–H and O–H groups in total. The van der Waals surface area contributed by atoms with Gasteiger partial charge in [-0.25, -0.2) is 0 Å². The van der Waals surface area contributed by atoms with E-state index in [1.807, 2.05) is 30.2 Å². The van der Waals surface area contributed by atoms with E-state index in [1.165, 1.54) is 16.7 Å². The highest BCUT2D eigenvalue weighted by Gasteiger charge is 2.38. The molecule has 5 rings (SSSR count). The third-order valence-electron chi connectivity index (χ3n) is 6.08. The van der Waals surface area contributed by atoms with Gasteiger partial charge in [-0.3, -0.25) is 15.0 Å². The summed E-state index contributed by atoms with van der Waals surface area (Å²) >= 11 is 1.84. The highest BCUT2D eigenvalue weighted by molar-refractivity contribution is 7.97. The van der Waals surface area contributed by atoms with E-state index >= 15 is 0 Å². The zero-order valence-corrected chi connectivity index (χ0v) is 17.8. The summed E-state index contributed by atoms with van der Waals surface area (Å²) in [6, 6.07) is 10.6. The van der Waals surface area contributed by atoms with Crippen molar-refractivity contribution in [3.8, 4) is 17.0 Å². The first-order valence-corrected chi connectivity index (χ1v) is 11.8. The molecule has 0 unspecified atom stereocenters. The lowest BCUT2D eigenvalue weighted by Crippen LogP contribution is -2.48. The number of nitrogens with one attached hydrogen (secondary N) is 1. The van der Waals surface area contributed by atoms with Crippen LogP contribution in [0, 0.1) is 0 Å². The fraction of sp³-hybridized carbons (Fsp3) is 0.375. The lowest BCUT2D eigenvalue weighted by molar-refractivity contribution is 0.0171. The van der Waals surface area contributed by atoms with E-state index in [9.17, 15) is 0 Å². The van der Waals surface area contributed by atoms with E-state index in [2.05, 4.69) is 39.6 Å². The van der Waals surface area contributed by atoms with Crippen molar-refractivity contribution >= 4 is 11.8 Å². The summed E-state index contributed by atoms with van der Waals surface area (Å²) in [6.45, 7) is 2.09. The van der Waals surface area contributed by atoms with Gasteiger partial charge in [-0.1, -0.05) is 18.2 Å². The zero-order valence-electron chi connectivity index (χ0n) is 17.0. The third-order valence-corrected chi connectivity index (χ3v) is 7.09. The summed E-state index contributed by atoms with van der Waals surface area (Å²) in [5, 5.41) is 3.46. The first kappa shape index (κ1) is 19.5. The van der Waals surface area contributed by atoms with Gasteiger partial charge in [-0.15, -0.1) is 0 Å². The van der Waals surface area contributed by atoms with Crippen LogP contribution in [-0.4, -0.2) is 33.6 Å². The van der Waals surface area contributed by atoms with Crippen LogP contribution >= 0.6 is 11.8 Å². The van der Waals surface area contributed by atoms with Crippen molar-refractivity contribution in [1.29, 1.82) is 0 Å². The molecule has 3 aromatic rings. The third kappa shape index (κ3) is 4.07. The van der Waals surface area contributed by atoms with Gasteiger partial charge < -0.3 is 10.1 Å². The van der Waals surface area contributed by atoms with Gasteiger partial charge >= 0.3 is 0 Å². The Morgan fingerprint density at radius 2 is 1.90 bits per heavy atom. The van der Waals surface area contributed by atoms with Crippen molar-refractivity contribution in [1.82, 2.24) is 20.3 Å². The Bertz CT molecular complexity index is 1010. The minimum absolute atomic E-state index is 0.0103. The monoisotopic (exact) mass is 418 g/mol. The van der Waals surface area contributed by atoms with Crippen LogP contribution in [0.1, 0.15) is 36.1 Å². The fourth-order valence-corrected chi connectivity index (χ4v) is 5.39. The number of ether oxygens (including phenoxy) is 1. The predicted octanol–water partition coefficient (Wildman–Crippen LogP) is 4.42. The second-order valence-corrected chi connectivity index (χ2v) is 9.00. The fourth-order valence-electron chi connectivity index (χ4n) is 4.48. The topological polar surface area (TPSA) is 59.9 Å². The molecule has 1 saturated heterocycles. The molecule has 154 valence electrons. The number of benzene rings is 1. The summed E-state index contributed by atoms with van der Waals surface area (Å²) in [6.07, 6.45) is 11.5. The highest BCUT2D eigenvalue weighted by Crippen LogP contribution is 2.42. The number of piperidine rings is 1. The van der Waals surface area contributed by atoms with E-state index < -0.39 is 0 Å². The van der Waals surface area contributed by atoms with E-state index in [0.29, 0.717) is 0 Å². The molecule has 0 saturated carbocycles. The Hall–Kier alpha value is -2.44. The first-order chi connectivity index (χ1) is 14.8. The van der Waals surface area contributed by atoms with E-state index in [4.69, 9.17) is 9.72 Å². The van der Waals surface area contributed by atoms with Crippen molar-refractivity contribution in [2.45, 2.75) is 42.8 Å². The average molecular weight is 419 g/mol. The summed E-state index contributed by atoms with van der Waals surface area (Å²) in [4.78, 5) is 13.3. The maximum Gasteiger partial charge on any atom is 0.124 e. The van der Waals surface area contributed by atoms with Gasteiger partial charge in [0.25, 0.3) is 0 Å². The Morgan fingerprint density at radius 1 is 0.967 bits per heavy atom. The number of hydrogen-bond acceptors (Lipinski definition) is 6. The Morgan fingerprint density at radius 3 is 2.77 bits per heavy atom. The summed E-state index contributed by atoms with van der Waals surface area (Å²) in [5.74, 6) is 2.78. The lowest BCUT2D eigenvalue weighted by atomic mass is 9.82. The van der Waals surface area contributed by atoms with Gasteiger partial charge in [0, 0.05) is 47.4 Å². The molecule has 2 aliphatic rings. The zero-order chi connectivity index (χ0) is 20.2. The Kier molecular flexibility index (Phi) is 5.69. The molecule has 4 heterocycles. The van der Waals surface area contributed by atoms with Crippen LogP contribution in [-0.2, 0) is 17.9 Å². The summed E-state index contributed by atoms with van der Waals surface area (Å²) in [5.41, 5.74) is 5.86. The van der Waals surface area contributed by atoms with Crippen molar-refractivity contribution in [2.75, 3.05) is 13.1 Å². The average Bonchev–Trinajstić information content (AvgIpc) is 2.80. The molecule has 0 atom stereocenters. The van der Waals surface area contributed by atoms with Gasteiger partial charge in [0.05, 0.1) is 11.4 Å². The molecule has 0 bridgehead atoms. The summed E-state index contributed by atoms with van der Waals surface area (Å²) in [7, 11) is 0. The normalized spacial score (nSPS) is 17.3. The highest BCUT2D eigenvalue weighted by atomic mass is 32.2. The number of hydrogen-bond donors (Lipinski definition) is 1. The summed E-state index contributed by atoms with van der Waals surface area (Å²) < 4.78 is 6.61. The molecular formula is C24H26N4OS. The molecule has 0 amide bonds. The maximum atomic E-state index is 6.61. The number of rotatable bonds is 5. The standard InChI is InChI=1S/C24H26N4OS/c1-4-21(20-6-7-24(29-22(20)5-1)8-11-25-12-9-24)23-18(3-2-10-28-23)16-30-17-19-15-26-13-14-27-19/h1-5,10,13-15,25H,6-9,11-12,16-17H2. The number of nitrogens with zero attached hydrogens (tertiary/aromatic N) is 3. The van der Waals surface area contributed by atoms with Gasteiger partial charge in [-0.05, 0) is 56.5 Å². The largest absolute Gasteiger partial charge is 0.487 e. The Labute approximate surface area is 181 Å². The maximum absolute atomic E-state index is 6.61. The van der Waals surface area contributed by atoms with Crippen LogP contribution < -0.4 is 10.1 Å². The van der Waals surface area contributed by atoms with Crippen molar-refractivity contribution in [3.63, 3.8) is 0 Å². The quantitative estimate of drug-likeness (QED) is 0.662. The van der Waals surface area contributed by atoms with Crippen molar-refractivity contribution in [3.05, 3.63) is 71.9 Å². The molecule has 2 aliphatic heterocycles. The van der Waals surface area contributed by atoms with Gasteiger partial charge in [0.15, 0.2) is 0 Å². The molecular weight excluding hydrogens is 392 g/mol. The van der Waals surface area contributed by atoms with Crippen LogP contribution in [0.15, 0.2) is 55.1 Å². The van der Waals surface area contributed by atoms with Crippen molar-refractivity contribution < 1.29 is 4.74 Å². The van der Waals surface area contributed by atoms with E-state index in [1.54, 1.807) is 12.4 Å². The van der Waals surface area contributed by atoms with Gasteiger partial charge in [-0.2, -0.15) is 11.8 Å². The SMILES string of the molecule is c1cnc(-c2cccc3c2CCC2(CCNCC2)O3)c(CSCc2cnccn2)c1. The molecule has 1 aromatic carbocycles. The second kappa shape index (κ2) is 8.74. The minimum atomic E-state index is 0.0103. The predicted molar refractivity (Wildman–Crippen MR) is 120 cm³/mol. The molecule has 6 heteroatoms. The van der Waals surface area contributed by atoms with Crippen LogP contribution in [0.4, 0.5) is 0 Å². The molecule has 30 heavy (non-hydrogen) atoms. The first-order valence-electron chi connectivity index (χ1n) is 10.6. The lowest BCUT2D eigenvalue weighted by Gasteiger charge is -2.42. The van der Waals surface area contributed by atoms with E-state index in [-0.39, 0.29) is 5.60 Å². The second-order valence-electron chi connectivity index (χ2n) is 8.02. The van der Waals surface area contributed by atoms with Gasteiger partial charge in [0.1, 0.15) is 11.4 Å². The van der Waals surface area contributed by atoms with Crippen molar-refractivity contribution in [2.24, 2.45) is 0 Å². The Balaban J connectivity index is 1.38. The number of pyridine rings is 1. The van der Waals surface area contributed by atoms with Crippen LogP contribution in [0.3, 0.4) is 0 Å². The smallest absolute Gasteiger partial charge is 0.124 e. The molecule has 1 spiro atoms. The molecule has 1 fully saturated rings. The van der Waals surface area contributed by atoms with Crippen LogP contribution in [0.2, 0.25) is 0 Å². The number of aromatic nitrogens is 3. The molecule has 2 aromatic heterocycles. The number of fused-ring (bicyclic) bond motifs is 1. The molecule has 0 aliphatic carbocycles. The van der Waals surface area contributed by atoms with Crippen LogP contribution in [0.25, 0.3) is 11.3 Å². The van der Waals surface area contributed by atoms with Crippen LogP contribution in [0.5, 0.6) is 5.75 Å². The molecule has 0 radical (unpaired) electrons. The number of thioether (sulfide) groups is 1. The van der Waals surface area contributed by atoms with Gasteiger partial charge in [0.2, 0.25) is 0 Å². The minimum Gasteiger partial charge on any atom is -0.487 e. The van der Waals surface area contributed by atoms with E-state index in [0.717, 1.165) is 67.4 Å². The molecule has 5 nitrogen and oxygen atoms in total.